The Morgan fingerprint density at radius 2 is 1.89 bits per heavy atom. The van der Waals surface area contributed by atoms with Gasteiger partial charge in [-0.1, -0.05) is 25.7 Å². The van der Waals surface area contributed by atoms with Gasteiger partial charge >= 0.3 is 0 Å². The fourth-order valence-corrected chi connectivity index (χ4v) is 6.00. The van der Waals surface area contributed by atoms with E-state index in [1.54, 1.807) is 15.5 Å². The zero-order chi connectivity index (χ0) is 25.4. The number of carbonyl (C=O) groups excluding carboxylic acids is 3. The summed E-state index contributed by atoms with van der Waals surface area (Å²) in [5.74, 6) is -1.37. The number of fused-ring (bicyclic) bond motifs is 3. The van der Waals surface area contributed by atoms with Gasteiger partial charge in [-0.25, -0.2) is 4.39 Å². The molecule has 9 heteroatoms. The third kappa shape index (κ3) is 4.49. The van der Waals surface area contributed by atoms with Crippen LogP contribution in [0.1, 0.15) is 75.7 Å². The molecule has 5 rings (SSSR count). The Morgan fingerprint density at radius 1 is 1.14 bits per heavy atom. The van der Waals surface area contributed by atoms with Crippen LogP contribution in [0.4, 0.5) is 10.1 Å². The zero-order valence-electron chi connectivity index (χ0n) is 21.1. The van der Waals surface area contributed by atoms with Gasteiger partial charge in [0.15, 0.2) is 0 Å². The van der Waals surface area contributed by atoms with Gasteiger partial charge in [-0.3, -0.25) is 14.4 Å². The molecule has 3 aliphatic rings. The minimum Gasteiger partial charge on any atom is -0.376 e. The van der Waals surface area contributed by atoms with Gasteiger partial charge in [0.25, 0.3) is 5.91 Å². The average molecular weight is 499 g/mol. The predicted octanol–water partition coefficient (Wildman–Crippen LogP) is 3.97. The highest BCUT2D eigenvalue weighted by Gasteiger charge is 2.50. The lowest BCUT2D eigenvalue weighted by Crippen LogP contribution is -2.66. The van der Waals surface area contributed by atoms with Crippen molar-refractivity contribution in [2.24, 2.45) is 0 Å². The largest absolute Gasteiger partial charge is 0.376 e. The maximum atomic E-state index is 14.2. The summed E-state index contributed by atoms with van der Waals surface area (Å²) in [6.07, 6.45) is 7.96. The molecule has 36 heavy (non-hydrogen) atoms. The number of benzene rings is 1. The Bertz CT molecular complexity index is 1180. The van der Waals surface area contributed by atoms with Crippen LogP contribution in [-0.4, -0.2) is 58.0 Å². The molecule has 1 saturated heterocycles. The molecule has 8 nitrogen and oxygen atoms in total. The number of hydrogen-bond donors (Lipinski definition) is 2. The van der Waals surface area contributed by atoms with E-state index in [2.05, 4.69) is 10.6 Å². The number of hydrogen-bond acceptors (Lipinski definition) is 4. The Hall–Kier alpha value is -2.94. The van der Waals surface area contributed by atoms with Gasteiger partial charge in [0.2, 0.25) is 11.8 Å². The number of nitrogens with zero attached hydrogens (tertiary/aromatic N) is 2. The third-order valence-electron chi connectivity index (χ3n) is 7.93. The molecule has 3 heterocycles. The Labute approximate surface area is 210 Å². The minimum atomic E-state index is -1.17. The van der Waals surface area contributed by atoms with E-state index in [1.165, 1.54) is 31.9 Å². The second-order valence-electron chi connectivity index (χ2n) is 10.6. The summed E-state index contributed by atoms with van der Waals surface area (Å²) < 4.78 is 21.9. The van der Waals surface area contributed by atoms with Crippen LogP contribution in [0.5, 0.6) is 0 Å². The topological polar surface area (TPSA) is 92.7 Å². The number of anilines is 1. The minimum absolute atomic E-state index is 0.0864. The molecule has 3 amide bonds. The first-order valence-corrected chi connectivity index (χ1v) is 13.1. The molecule has 194 valence electrons. The maximum Gasteiger partial charge on any atom is 0.273 e. The van der Waals surface area contributed by atoms with Crippen LogP contribution in [0.3, 0.4) is 0 Å². The summed E-state index contributed by atoms with van der Waals surface area (Å²) in [4.78, 5) is 41.7. The Morgan fingerprint density at radius 3 is 2.56 bits per heavy atom. The van der Waals surface area contributed by atoms with Crippen molar-refractivity contribution in [2.45, 2.75) is 89.4 Å². The fraction of sp³-hybridized carbons (Fsp3) is 0.593. The second kappa shape index (κ2) is 9.84. The van der Waals surface area contributed by atoms with E-state index >= 15 is 0 Å². The number of nitrogens with one attached hydrogen (secondary N) is 2. The summed E-state index contributed by atoms with van der Waals surface area (Å²) in [5, 5.41) is 6.45. The molecule has 1 aromatic carbocycles. The molecular weight excluding hydrogens is 463 g/mol. The highest BCUT2D eigenvalue weighted by molar-refractivity contribution is 6.14. The quantitative estimate of drug-likeness (QED) is 0.610. The van der Waals surface area contributed by atoms with Gasteiger partial charge in [-0.2, -0.15) is 0 Å². The monoisotopic (exact) mass is 498 g/mol. The molecule has 0 bridgehead atoms. The zero-order valence-corrected chi connectivity index (χ0v) is 21.1. The van der Waals surface area contributed by atoms with Gasteiger partial charge < -0.3 is 24.8 Å². The van der Waals surface area contributed by atoms with Crippen molar-refractivity contribution in [3.8, 4) is 0 Å². The molecule has 2 atom stereocenters. The van der Waals surface area contributed by atoms with Crippen molar-refractivity contribution in [3.05, 3.63) is 29.7 Å². The second-order valence-corrected chi connectivity index (χ2v) is 10.6. The number of aromatic nitrogens is 1. The molecule has 2 fully saturated rings. The van der Waals surface area contributed by atoms with Crippen LogP contribution in [0.2, 0.25) is 0 Å². The van der Waals surface area contributed by atoms with Crippen molar-refractivity contribution < 1.29 is 23.5 Å². The van der Waals surface area contributed by atoms with Crippen LogP contribution in [0.25, 0.3) is 10.9 Å². The first kappa shape index (κ1) is 24.7. The number of amides is 3. The van der Waals surface area contributed by atoms with Crippen LogP contribution in [0.15, 0.2) is 18.2 Å². The summed E-state index contributed by atoms with van der Waals surface area (Å²) in [6.45, 7) is 4.28. The Kier molecular flexibility index (Phi) is 6.76. The van der Waals surface area contributed by atoms with E-state index < -0.39 is 11.4 Å². The lowest BCUT2D eigenvalue weighted by Gasteiger charge is -2.45. The van der Waals surface area contributed by atoms with Crippen molar-refractivity contribution in [2.75, 3.05) is 18.5 Å². The highest BCUT2D eigenvalue weighted by atomic mass is 19.1. The third-order valence-corrected chi connectivity index (χ3v) is 7.93. The Balaban J connectivity index is 1.59. The van der Waals surface area contributed by atoms with Gasteiger partial charge in [-0.15, -0.1) is 0 Å². The molecule has 2 aliphatic heterocycles. The number of carbonyl (C=O) groups is 3. The van der Waals surface area contributed by atoms with Crippen LogP contribution < -0.4 is 10.6 Å². The van der Waals surface area contributed by atoms with Gasteiger partial charge in [0.1, 0.15) is 17.1 Å². The van der Waals surface area contributed by atoms with Crippen LogP contribution >= 0.6 is 0 Å². The van der Waals surface area contributed by atoms with E-state index in [0.29, 0.717) is 17.5 Å². The average Bonchev–Trinajstić information content (AvgIpc) is 3.35. The van der Waals surface area contributed by atoms with Crippen molar-refractivity contribution in [3.63, 3.8) is 0 Å². The summed E-state index contributed by atoms with van der Waals surface area (Å²) in [6, 6.07) is 4.35. The standard InChI is InChI=1S/C27H35FN4O4/c1-17(33)29-23-21-14-18(28)11-12-22(21)31-16-27(2,26(35)30-19-8-5-3-4-6-9-19)32(25(34)24(23)31)15-20-10-7-13-36-20/h11-12,14,19-20H,3-10,13,15-16H2,1-2H3,(H,29,33)(H,30,35)/t20-,27-/m1/s1. The first-order chi connectivity index (χ1) is 17.3. The number of rotatable bonds is 5. The van der Waals surface area contributed by atoms with Crippen molar-refractivity contribution in [1.29, 1.82) is 0 Å². The van der Waals surface area contributed by atoms with Crippen molar-refractivity contribution >= 4 is 34.3 Å². The van der Waals surface area contributed by atoms with E-state index in [1.807, 2.05) is 6.92 Å². The molecule has 1 aromatic heterocycles. The molecule has 0 radical (unpaired) electrons. The number of ether oxygens (including phenoxy) is 1. The predicted molar refractivity (Wildman–Crippen MR) is 134 cm³/mol. The summed E-state index contributed by atoms with van der Waals surface area (Å²) in [7, 11) is 0. The summed E-state index contributed by atoms with van der Waals surface area (Å²) >= 11 is 0. The highest BCUT2D eigenvalue weighted by Crippen LogP contribution is 2.39. The van der Waals surface area contributed by atoms with Crippen LogP contribution in [-0.2, 0) is 20.9 Å². The van der Waals surface area contributed by atoms with E-state index in [4.69, 9.17) is 4.74 Å². The van der Waals surface area contributed by atoms with E-state index in [9.17, 15) is 18.8 Å². The molecule has 0 spiro atoms. The maximum absolute atomic E-state index is 14.2. The lowest BCUT2D eigenvalue weighted by atomic mass is 9.92. The molecule has 0 unspecified atom stereocenters. The molecule has 1 saturated carbocycles. The lowest BCUT2D eigenvalue weighted by molar-refractivity contribution is -0.134. The molecular formula is C27H35FN4O4. The fourth-order valence-electron chi connectivity index (χ4n) is 6.00. The van der Waals surface area contributed by atoms with Crippen LogP contribution in [0, 0.1) is 5.82 Å². The first-order valence-electron chi connectivity index (χ1n) is 13.1. The number of halogens is 1. The van der Waals surface area contributed by atoms with Crippen molar-refractivity contribution in [1.82, 2.24) is 14.8 Å². The van der Waals surface area contributed by atoms with Gasteiger partial charge in [0, 0.05) is 31.5 Å². The van der Waals surface area contributed by atoms with E-state index in [0.717, 1.165) is 38.5 Å². The van der Waals surface area contributed by atoms with Gasteiger partial charge in [-0.05, 0) is 50.8 Å². The molecule has 2 aromatic rings. The molecule has 1 aliphatic carbocycles. The SMILES string of the molecule is CC(=O)Nc1c2n(c3ccc(F)cc13)C[C@](C)(C(=O)NC1CCCCCC1)N(C[C@H]1CCCO1)C2=O. The molecule has 2 N–H and O–H groups in total. The van der Waals surface area contributed by atoms with E-state index in [-0.39, 0.29) is 54.3 Å². The summed E-state index contributed by atoms with van der Waals surface area (Å²) in [5.41, 5.74) is -0.0150. The normalized spacial score (nSPS) is 25.0. The van der Waals surface area contributed by atoms with Gasteiger partial charge in [0.05, 0.1) is 23.9 Å². The smallest absolute Gasteiger partial charge is 0.273 e.